The van der Waals surface area contributed by atoms with E-state index in [0.717, 1.165) is 27.7 Å². The van der Waals surface area contributed by atoms with E-state index in [-0.39, 0.29) is 0 Å². The first kappa shape index (κ1) is 12.7. The highest BCUT2D eigenvalue weighted by Gasteiger charge is 2.06. The molecule has 100 valence electrons. The molecule has 0 atom stereocenters. The predicted molar refractivity (Wildman–Crippen MR) is 80.0 cm³/mol. The minimum Gasteiger partial charge on any atom is -0.399 e. The van der Waals surface area contributed by atoms with Gasteiger partial charge in [0.15, 0.2) is 5.82 Å². The van der Waals surface area contributed by atoms with Gasteiger partial charge in [0.2, 0.25) is 0 Å². The lowest BCUT2D eigenvalue weighted by Gasteiger charge is -1.99. The Morgan fingerprint density at radius 3 is 2.55 bits per heavy atom. The number of nitrogens with two attached hydrogens (primary N) is 1. The Bertz CT molecular complexity index is 678. The Kier molecular flexibility index (Phi) is 3.64. The van der Waals surface area contributed by atoms with Crippen LogP contribution in [0.1, 0.15) is 5.82 Å². The first-order chi connectivity index (χ1) is 9.81. The summed E-state index contributed by atoms with van der Waals surface area (Å²) in [4.78, 5) is 9.61. The minimum absolute atomic E-state index is 0.695. The van der Waals surface area contributed by atoms with Crippen LogP contribution in [-0.4, -0.2) is 20.2 Å². The van der Waals surface area contributed by atoms with Crippen molar-refractivity contribution in [2.24, 2.45) is 0 Å². The molecule has 0 aliphatic carbocycles. The maximum Gasteiger partial charge on any atom is 0.181 e. The Labute approximate surface area is 120 Å². The van der Waals surface area contributed by atoms with E-state index in [2.05, 4.69) is 20.2 Å². The molecule has 3 N–H and O–H groups in total. The van der Waals surface area contributed by atoms with E-state index in [0.29, 0.717) is 5.82 Å². The molecule has 3 rings (SSSR count). The molecule has 0 radical (unpaired) electrons. The summed E-state index contributed by atoms with van der Waals surface area (Å²) in [7, 11) is 0. The molecule has 0 unspecified atom stereocenters. The van der Waals surface area contributed by atoms with Gasteiger partial charge in [0.25, 0.3) is 0 Å². The van der Waals surface area contributed by atoms with Gasteiger partial charge in [-0.25, -0.2) is 4.98 Å². The van der Waals surface area contributed by atoms with Gasteiger partial charge in [0.1, 0.15) is 5.82 Å². The SMILES string of the molecule is Nc1ccc(SCc2nc(-c3ccncc3)n[nH]2)cc1. The van der Waals surface area contributed by atoms with E-state index in [4.69, 9.17) is 5.73 Å². The molecule has 2 aromatic heterocycles. The lowest BCUT2D eigenvalue weighted by Crippen LogP contribution is -1.86. The monoisotopic (exact) mass is 283 g/mol. The number of rotatable bonds is 4. The quantitative estimate of drug-likeness (QED) is 0.568. The normalized spacial score (nSPS) is 10.6. The first-order valence-electron chi connectivity index (χ1n) is 6.11. The zero-order chi connectivity index (χ0) is 13.8. The minimum atomic E-state index is 0.695. The summed E-state index contributed by atoms with van der Waals surface area (Å²) < 4.78 is 0. The maximum absolute atomic E-state index is 5.66. The predicted octanol–water partition coefficient (Wildman–Crippen LogP) is 2.74. The Balaban J connectivity index is 1.67. The molecule has 0 amide bonds. The average molecular weight is 283 g/mol. The number of hydrogen-bond donors (Lipinski definition) is 2. The Hall–Kier alpha value is -2.34. The van der Waals surface area contributed by atoms with Gasteiger partial charge in [0.05, 0.1) is 5.75 Å². The van der Waals surface area contributed by atoms with Gasteiger partial charge in [-0.05, 0) is 36.4 Å². The second kappa shape index (κ2) is 5.75. The second-order valence-electron chi connectivity index (χ2n) is 4.20. The number of thioether (sulfide) groups is 1. The van der Waals surface area contributed by atoms with E-state index in [9.17, 15) is 0 Å². The van der Waals surface area contributed by atoms with E-state index in [1.54, 1.807) is 24.2 Å². The summed E-state index contributed by atoms with van der Waals surface area (Å²) in [6.45, 7) is 0. The molecule has 1 aromatic carbocycles. The van der Waals surface area contributed by atoms with Crippen molar-refractivity contribution in [1.82, 2.24) is 20.2 Å². The number of aromatic nitrogens is 4. The molecule has 2 heterocycles. The van der Waals surface area contributed by atoms with Crippen molar-refractivity contribution in [2.45, 2.75) is 10.6 Å². The molecule has 5 nitrogen and oxygen atoms in total. The Morgan fingerprint density at radius 1 is 1.05 bits per heavy atom. The molecule has 3 aromatic rings. The largest absolute Gasteiger partial charge is 0.399 e. The number of nitrogens with zero attached hydrogens (tertiary/aromatic N) is 3. The van der Waals surface area contributed by atoms with Crippen molar-refractivity contribution in [3.63, 3.8) is 0 Å². The number of benzene rings is 1. The lowest BCUT2D eigenvalue weighted by atomic mass is 10.3. The van der Waals surface area contributed by atoms with Gasteiger partial charge in [-0.15, -0.1) is 11.8 Å². The molecular formula is C14H13N5S. The summed E-state index contributed by atoms with van der Waals surface area (Å²) in [6.07, 6.45) is 3.46. The zero-order valence-corrected chi connectivity index (χ0v) is 11.5. The van der Waals surface area contributed by atoms with Crippen molar-refractivity contribution in [3.8, 4) is 11.4 Å². The van der Waals surface area contributed by atoms with Crippen LogP contribution in [-0.2, 0) is 5.75 Å². The van der Waals surface area contributed by atoms with Gasteiger partial charge < -0.3 is 5.73 Å². The van der Waals surface area contributed by atoms with Gasteiger partial charge in [-0.3, -0.25) is 10.1 Å². The highest BCUT2D eigenvalue weighted by molar-refractivity contribution is 7.98. The topological polar surface area (TPSA) is 80.5 Å². The highest BCUT2D eigenvalue weighted by atomic mass is 32.2. The van der Waals surface area contributed by atoms with Gasteiger partial charge in [0, 0.05) is 28.5 Å². The lowest BCUT2D eigenvalue weighted by molar-refractivity contribution is 1.03. The number of aromatic amines is 1. The average Bonchev–Trinajstić information content (AvgIpc) is 2.97. The zero-order valence-electron chi connectivity index (χ0n) is 10.7. The Morgan fingerprint density at radius 2 is 1.80 bits per heavy atom. The number of anilines is 1. The number of nitrogens with one attached hydrogen (secondary N) is 1. The fraction of sp³-hybridized carbons (Fsp3) is 0.0714. The molecule has 0 spiro atoms. The molecule has 6 heteroatoms. The van der Waals surface area contributed by atoms with Crippen molar-refractivity contribution in [2.75, 3.05) is 5.73 Å². The smallest absolute Gasteiger partial charge is 0.181 e. The van der Waals surface area contributed by atoms with Crippen molar-refractivity contribution in [1.29, 1.82) is 0 Å². The van der Waals surface area contributed by atoms with E-state index in [1.165, 1.54) is 0 Å². The fourth-order valence-corrected chi connectivity index (χ4v) is 2.47. The van der Waals surface area contributed by atoms with Crippen molar-refractivity contribution >= 4 is 17.4 Å². The maximum atomic E-state index is 5.66. The van der Waals surface area contributed by atoms with Crippen LogP contribution >= 0.6 is 11.8 Å². The highest BCUT2D eigenvalue weighted by Crippen LogP contribution is 2.23. The van der Waals surface area contributed by atoms with Crippen LogP contribution in [0.3, 0.4) is 0 Å². The third-order valence-corrected chi connectivity index (χ3v) is 3.75. The van der Waals surface area contributed by atoms with Crippen LogP contribution < -0.4 is 5.73 Å². The summed E-state index contributed by atoms with van der Waals surface area (Å²) in [5.74, 6) is 2.28. The molecule has 0 saturated carbocycles. The van der Waals surface area contributed by atoms with Crippen LogP contribution in [0.2, 0.25) is 0 Å². The van der Waals surface area contributed by atoms with E-state index in [1.807, 2.05) is 36.4 Å². The fourth-order valence-electron chi connectivity index (χ4n) is 1.71. The van der Waals surface area contributed by atoms with Crippen molar-refractivity contribution in [3.05, 3.63) is 54.6 Å². The number of H-pyrrole nitrogens is 1. The van der Waals surface area contributed by atoms with Crippen LogP contribution in [0.5, 0.6) is 0 Å². The molecule has 20 heavy (non-hydrogen) atoms. The van der Waals surface area contributed by atoms with Crippen LogP contribution in [0, 0.1) is 0 Å². The van der Waals surface area contributed by atoms with E-state index >= 15 is 0 Å². The summed E-state index contributed by atoms with van der Waals surface area (Å²) >= 11 is 1.69. The first-order valence-corrected chi connectivity index (χ1v) is 7.10. The summed E-state index contributed by atoms with van der Waals surface area (Å²) in [6, 6.07) is 11.6. The second-order valence-corrected chi connectivity index (χ2v) is 5.25. The van der Waals surface area contributed by atoms with E-state index < -0.39 is 0 Å². The molecule has 0 aliphatic rings. The number of hydrogen-bond acceptors (Lipinski definition) is 5. The van der Waals surface area contributed by atoms with Crippen LogP contribution in [0.4, 0.5) is 5.69 Å². The van der Waals surface area contributed by atoms with Gasteiger partial charge in [-0.1, -0.05) is 0 Å². The van der Waals surface area contributed by atoms with Crippen molar-refractivity contribution < 1.29 is 0 Å². The van der Waals surface area contributed by atoms with Gasteiger partial charge in [-0.2, -0.15) is 5.10 Å². The summed E-state index contributed by atoms with van der Waals surface area (Å²) in [5, 5.41) is 7.17. The third-order valence-electron chi connectivity index (χ3n) is 2.73. The number of pyridine rings is 1. The summed E-state index contributed by atoms with van der Waals surface area (Å²) in [5.41, 5.74) is 7.39. The number of nitrogen functional groups attached to an aromatic ring is 1. The molecule has 0 saturated heterocycles. The van der Waals surface area contributed by atoms with Gasteiger partial charge >= 0.3 is 0 Å². The standard InChI is InChI=1S/C14H13N5S/c15-11-1-3-12(4-2-11)20-9-13-17-14(19-18-13)10-5-7-16-8-6-10/h1-8H,9,15H2,(H,17,18,19). The third kappa shape index (κ3) is 2.97. The molecule has 0 fully saturated rings. The van der Waals surface area contributed by atoms with Crippen LogP contribution in [0.15, 0.2) is 53.7 Å². The van der Waals surface area contributed by atoms with Crippen LogP contribution in [0.25, 0.3) is 11.4 Å². The molecular weight excluding hydrogens is 270 g/mol. The molecule has 0 bridgehead atoms. The molecule has 0 aliphatic heterocycles.